The topological polar surface area (TPSA) is 90.7 Å². The summed E-state index contributed by atoms with van der Waals surface area (Å²) in [6.07, 6.45) is -1.97. The number of hydroxylamine groups is 1. The predicted octanol–water partition coefficient (Wildman–Crippen LogP) is 1.85. The minimum atomic E-state index is -1.10. The average Bonchev–Trinajstić information content (AvgIpc) is 2.24. The second-order valence-electron chi connectivity index (χ2n) is 3.98. The van der Waals surface area contributed by atoms with E-state index in [0.29, 0.717) is 0 Å². The Hall–Kier alpha value is -2.24. The van der Waals surface area contributed by atoms with Crippen LogP contribution < -0.4 is 11.2 Å². The van der Waals surface area contributed by atoms with Crippen molar-refractivity contribution in [1.82, 2.24) is 5.48 Å². The molecule has 0 atom stereocenters. The third kappa shape index (κ3) is 3.97. The molecule has 1 rings (SSSR count). The van der Waals surface area contributed by atoms with E-state index in [1.54, 1.807) is 5.48 Å². The molecule has 0 spiro atoms. The maximum absolute atomic E-state index is 11.1. The second-order valence-corrected chi connectivity index (χ2v) is 3.98. The minimum Gasteiger partial charge on any atom is -0.443 e. The number of hydrogen-bond donors (Lipinski definition) is 2. The number of primary amides is 1. The van der Waals surface area contributed by atoms with Gasteiger partial charge in [-0.05, 0) is 37.5 Å². The van der Waals surface area contributed by atoms with E-state index in [1.165, 1.54) is 0 Å². The molecule has 3 N–H and O–H groups in total. The zero-order chi connectivity index (χ0) is 13.7. The Bertz CT molecular complexity index is 448. The highest BCUT2D eigenvalue weighted by molar-refractivity contribution is 5.70. The van der Waals surface area contributed by atoms with Crippen molar-refractivity contribution < 1.29 is 19.2 Å². The third-order valence-corrected chi connectivity index (χ3v) is 2.42. The van der Waals surface area contributed by atoms with Crippen molar-refractivity contribution in [3.05, 3.63) is 34.4 Å². The van der Waals surface area contributed by atoms with Crippen molar-refractivity contribution in [3.63, 3.8) is 0 Å². The van der Waals surface area contributed by atoms with E-state index >= 15 is 0 Å². The van der Waals surface area contributed by atoms with Crippen molar-refractivity contribution in [1.29, 1.82) is 0 Å². The first-order chi connectivity index (χ1) is 8.40. The lowest BCUT2D eigenvalue weighted by molar-refractivity contribution is 0.0645. The molecular weight excluding hydrogens is 236 g/mol. The van der Waals surface area contributed by atoms with E-state index in [2.05, 4.69) is 10.6 Å². The summed E-state index contributed by atoms with van der Waals surface area (Å²) in [6.45, 7) is 5.98. The number of carbonyl (C=O) groups excluding carboxylic acids is 2. The molecule has 0 aliphatic carbocycles. The average molecular weight is 252 g/mol. The lowest BCUT2D eigenvalue weighted by atomic mass is 10.0. The molecule has 0 bridgehead atoms. The fourth-order valence-electron chi connectivity index (χ4n) is 1.70. The van der Waals surface area contributed by atoms with Crippen LogP contribution in [0.1, 0.15) is 22.3 Å². The van der Waals surface area contributed by atoms with E-state index in [-0.39, 0.29) is 6.61 Å². The number of ether oxygens (including phenoxy) is 1. The first-order valence-corrected chi connectivity index (χ1v) is 5.36. The first-order valence-electron chi connectivity index (χ1n) is 5.36. The number of hydrogen-bond acceptors (Lipinski definition) is 4. The quantitative estimate of drug-likeness (QED) is 0.786. The van der Waals surface area contributed by atoms with Crippen LogP contribution in [-0.2, 0) is 16.2 Å². The van der Waals surface area contributed by atoms with Gasteiger partial charge in [-0.1, -0.05) is 17.7 Å². The third-order valence-electron chi connectivity index (χ3n) is 2.42. The smallest absolute Gasteiger partial charge is 0.441 e. The Labute approximate surface area is 105 Å². The van der Waals surface area contributed by atoms with E-state index in [1.807, 2.05) is 32.9 Å². The molecule has 6 nitrogen and oxygen atoms in total. The summed E-state index contributed by atoms with van der Waals surface area (Å²) < 4.78 is 4.90. The molecular formula is C12H16N2O4. The Balaban J connectivity index is 2.58. The van der Waals surface area contributed by atoms with Gasteiger partial charge in [0.25, 0.3) is 0 Å². The maximum atomic E-state index is 11.1. The highest BCUT2D eigenvalue weighted by atomic mass is 16.7. The number of amides is 2. The van der Waals surface area contributed by atoms with Gasteiger partial charge in [0.1, 0.15) is 6.61 Å². The summed E-state index contributed by atoms with van der Waals surface area (Å²) in [5.74, 6) is 0. The van der Waals surface area contributed by atoms with Crippen molar-refractivity contribution in [3.8, 4) is 0 Å². The van der Waals surface area contributed by atoms with Gasteiger partial charge in [-0.25, -0.2) is 9.59 Å². The van der Waals surface area contributed by atoms with Gasteiger partial charge < -0.3 is 15.3 Å². The molecule has 2 amide bonds. The van der Waals surface area contributed by atoms with Crippen LogP contribution >= 0.6 is 0 Å². The molecule has 6 heteroatoms. The molecule has 0 radical (unpaired) electrons. The van der Waals surface area contributed by atoms with Gasteiger partial charge in [0.15, 0.2) is 0 Å². The Kier molecular flexibility index (Phi) is 4.53. The lowest BCUT2D eigenvalue weighted by Gasteiger charge is -2.11. The molecule has 0 heterocycles. The van der Waals surface area contributed by atoms with Crippen LogP contribution in [0.25, 0.3) is 0 Å². The number of benzene rings is 1. The van der Waals surface area contributed by atoms with Gasteiger partial charge >= 0.3 is 12.2 Å². The number of carbonyl (C=O) groups is 2. The van der Waals surface area contributed by atoms with Gasteiger partial charge in [0.2, 0.25) is 0 Å². The lowest BCUT2D eigenvalue weighted by Crippen LogP contribution is -2.30. The van der Waals surface area contributed by atoms with Crippen molar-refractivity contribution in [2.75, 3.05) is 0 Å². The molecule has 1 aromatic rings. The van der Waals surface area contributed by atoms with Gasteiger partial charge in [-0.15, -0.1) is 5.48 Å². The van der Waals surface area contributed by atoms with Crippen molar-refractivity contribution in [2.24, 2.45) is 5.73 Å². The van der Waals surface area contributed by atoms with Crippen LogP contribution in [-0.4, -0.2) is 12.2 Å². The van der Waals surface area contributed by atoms with Crippen LogP contribution in [0, 0.1) is 20.8 Å². The van der Waals surface area contributed by atoms with Crippen molar-refractivity contribution >= 4 is 12.2 Å². The van der Waals surface area contributed by atoms with Crippen LogP contribution in [0.3, 0.4) is 0 Å². The van der Waals surface area contributed by atoms with Gasteiger partial charge in [0.05, 0.1) is 0 Å². The largest absolute Gasteiger partial charge is 0.443 e. The van der Waals surface area contributed by atoms with Crippen molar-refractivity contribution in [2.45, 2.75) is 27.4 Å². The molecule has 0 aliphatic heterocycles. The molecule has 0 aliphatic rings. The van der Waals surface area contributed by atoms with E-state index in [0.717, 1.165) is 22.3 Å². The van der Waals surface area contributed by atoms with Crippen LogP contribution in [0.4, 0.5) is 9.59 Å². The number of aryl methyl sites for hydroxylation is 3. The molecule has 0 saturated carbocycles. The predicted molar refractivity (Wildman–Crippen MR) is 64.6 cm³/mol. The van der Waals surface area contributed by atoms with Crippen LogP contribution in [0.2, 0.25) is 0 Å². The highest BCUT2D eigenvalue weighted by Gasteiger charge is 2.08. The van der Waals surface area contributed by atoms with E-state index in [9.17, 15) is 9.59 Å². The van der Waals surface area contributed by atoms with E-state index < -0.39 is 12.2 Å². The Morgan fingerprint density at radius 1 is 1.22 bits per heavy atom. The normalized spacial score (nSPS) is 9.72. The fourth-order valence-corrected chi connectivity index (χ4v) is 1.70. The van der Waals surface area contributed by atoms with Gasteiger partial charge in [0, 0.05) is 0 Å². The molecule has 0 saturated heterocycles. The monoisotopic (exact) mass is 252 g/mol. The molecule has 18 heavy (non-hydrogen) atoms. The molecule has 98 valence electrons. The Morgan fingerprint density at radius 3 is 2.28 bits per heavy atom. The molecule has 0 aromatic heterocycles. The van der Waals surface area contributed by atoms with Crippen LogP contribution in [0.15, 0.2) is 12.1 Å². The SMILES string of the molecule is Cc1cc(C)c(COC(=O)NOC(N)=O)c(C)c1. The Morgan fingerprint density at radius 2 is 1.78 bits per heavy atom. The summed E-state index contributed by atoms with van der Waals surface area (Å²) in [7, 11) is 0. The standard InChI is InChI=1S/C12H16N2O4/c1-7-4-8(2)10(9(3)5-7)6-17-12(16)14-18-11(13)15/h4-5H,6H2,1-3H3,(H2,13,15)(H,14,16). The fraction of sp³-hybridized carbons (Fsp3) is 0.333. The summed E-state index contributed by atoms with van der Waals surface area (Å²) in [5, 5.41) is 0. The molecule has 0 fully saturated rings. The first kappa shape index (κ1) is 13.8. The maximum Gasteiger partial charge on any atom is 0.441 e. The number of rotatable bonds is 2. The summed E-state index contributed by atoms with van der Waals surface area (Å²) in [5.41, 5.74) is 10.6. The summed E-state index contributed by atoms with van der Waals surface area (Å²) >= 11 is 0. The zero-order valence-corrected chi connectivity index (χ0v) is 10.6. The summed E-state index contributed by atoms with van der Waals surface area (Å²) in [4.78, 5) is 25.5. The van der Waals surface area contributed by atoms with E-state index in [4.69, 9.17) is 4.74 Å². The van der Waals surface area contributed by atoms with Crippen LogP contribution in [0.5, 0.6) is 0 Å². The summed E-state index contributed by atoms with van der Waals surface area (Å²) in [6, 6.07) is 4.01. The zero-order valence-electron chi connectivity index (χ0n) is 10.6. The highest BCUT2D eigenvalue weighted by Crippen LogP contribution is 2.17. The van der Waals surface area contributed by atoms with Gasteiger partial charge in [-0.3, -0.25) is 0 Å². The molecule has 1 aromatic carbocycles. The molecule has 0 unspecified atom stereocenters. The number of nitrogens with two attached hydrogens (primary N) is 1. The number of nitrogens with one attached hydrogen (secondary N) is 1. The van der Waals surface area contributed by atoms with Gasteiger partial charge in [-0.2, -0.15) is 0 Å². The minimum absolute atomic E-state index is 0.103. The second kappa shape index (κ2) is 5.90.